The van der Waals surface area contributed by atoms with E-state index in [0.717, 1.165) is 23.3 Å². The zero-order valence-electron chi connectivity index (χ0n) is 15.1. The molecule has 2 aromatic rings. The van der Waals surface area contributed by atoms with Crippen molar-refractivity contribution in [2.75, 3.05) is 11.9 Å². The number of amides is 2. The number of halogens is 3. The zero-order chi connectivity index (χ0) is 20.0. The van der Waals surface area contributed by atoms with Gasteiger partial charge in [-0.2, -0.15) is 13.2 Å². The van der Waals surface area contributed by atoms with Crippen LogP contribution in [-0.2, 0) is 22.3 Å². The molecule has 0 aliphatic rings. The molecule has 144 valence electrons. The highest BCUT2D eigenvalue weighted by atomic mass is 19.4. The topological polar surface area (TPSA) is 49.4 Å². The molecule has 0 atom stereocenters. The first-order valence-electron chi connectivity index (χ1n) is 8.43. The largest absolute Gasteiger partial charge is 0.416 e. The number of carbonyl (C=O) groups excluding carboxylic acids is 2. The van der Waals surface area contributed by atoms with E-state index < -0.39 is 11.7 Å². The quantitative estimate of drug-likeness (QED) is 0.810. The highest BCUT2D eigenvalue weighted by Gasteiger charge is 2.30. The molecule has 0 spiro atoms. The summed E-state index contributed by atoms with van der Waals surface area (Å²) in [6, 6.07) is 12.0. The van der Waals surface area contributed by atoms with Crippen molar-refractivity contribution >= 4 is 17.5 Å². The average Bonchev–Trinajstić information content (AvgIpc) is 2.58. The number of hydrogen-bond acceptors (Lipinski definition) is 2. The van der Waals surface area contributed by atoms with E-state index in [2.05, 4.69) is 5.32 Å². The molecule has 0 saturated heterocycles. The lowest BCUT2D eigenvalue weighted by atomic mass is 10.1. The Kier molecular flexibility index (Phi) is 6.60. The standard InChI is InChI=1S/C20H21F3N2O2/c1-14-4-3-5-16(12-14)13-25(15(2)26)11-10-19(27)24-18-8-6-17(7-9-18)20(21,22)23/h3-9,12H,10-11,13H2,1-2H3,(H,24,27). The molecular formula is C20H21F3N2O2. The van der Waals surface area contributed by atoms with Gasteiger partial charge in [0.05, 0.1) is 5.56 Å². The Labute approximate surface area is 156 Å². The molecule has 0 bridgehead atoms. The lowest BCUT2D eigenvalue weighted by molar-refractivity contribution is -0.137. The van der Waals surface area contributed by atoms with Gasteiger partial charge in [-0.3, -0.25) is 9.59 Å². The number of rotatable bonds is 6. The summed E-state index contributed by atoms with van der Waals surface area (Å²) in [6.45, 7) is 4.00. The lowest BCUT2D eigenvalue weighted by Gasteiger charge is -2.21. The van der Waals surface area contributed by atoms with Crippen molar-refractivity contribution < 1.29 is 22.8 Å². The molecule has 0 aliphatic carbocycles. The lowest BCUT2D eigenvalue weighted by Crippen LogP contribution is -2.31. The summed E-state index contributed by atoms with van der Waals surface area (Å²) in [5.41, 5.74) is 1.55. The van der Waals surface area contributed by atoms with Crippen LogP contribution in [0.5, 0.6) is 0 Å². The fourth-order valence-corrected chi connectivity index (χ4v) is 2.58. The molecule has 0 radical (unpaired) electrons. The summed E-state index contributed by atoms with van der Waals surface area (Å²) in [5, 5.41) is 2.54. The minimum absolute atomic E-state index is 0.0480. The predicted octanol–water partition coefficient (Wildman–Crippen LogP) is 4.39. The van der Waals surface area contributed by atoms with E-state index in [1.54, 1.807) is 4.90 Å². The summed E-state index contributed by atoms with van der Waals surface area (Å²) in [7, 11) is 0. The van der Waals surface area contributed by atoms with Gasteiger partial charge in [0.2, 0.25) is 11.8 Å². The van der Waals surface area contributed by atoms with Crippen LogP contribution in [0.15, 0.2) is 48.5 Å². The molecule has 0 saturated carbocycles. The van der Waals surface area contributed by atoms with E-state index in [9.17, 15) is 22.8 Å². The average molecular weight is 378 g/mol. The fourth-order valence-electron chi connectivity index (χ4n) is 2.58. The number of anilines is 1. The minimum Gasteiger partial charge on any atom is -0.338 e. The van der Waals surface area contributed by atoms with Gasteiger partial charge < -0.3 is 10.2 Å². The number of nitrogens with zero attached hydrogens (tertiary/aromatic N) is 1. The van der Waals surface area contributed by atoms with Gasteiger partial charge in [0.25, 0.3) is 0 Å². The zero-order valence-corrected chi connectivity index (χ0v) is 15.1. The molecule has 4 nitrogen and oxygen atoms in total. The van der Waals surface area contributed by atoms with E-state index in [0.29, 0.717) is 6.54 Å². The van der Waals surface area contributed by atoms with Crippen molar-refractivity contribution in [3.8, 4) is 0 Å². The third-order valence-corrected chi connectivity index (χ3v) is 4.01. The smallest absolute Gasteiger partial charge is 0.338 e. The predicted molar refractivity (Wildman–Crippen MR) is 97.0 cm³/mol. The third-order valence-electron chi connectivity index (χ3n) is 4.01. The highest BCUT2D eigenvalue weighted by Crippen LogP contribution is 2.29. The van der Waals surface area contributed by atoms with Gasteiger partial charge in [-0.15, -0.1) is 0 Å². The third kappa shape index (κ3) is 6.44. The van der Waals surface area contributed by atoms with Crippen LogP contribution in [0.3, 0.4) is 0 Å². The monoisotopic (exact) mass is 378 g/mol. The number of benzene rings is 2. The van der Waals surface area contributed by atoms with Crippen LogP contribution in [0.2, 0.25) is 0 Å². The molecule has 27 heavy (non-hydrogen) atoms. The highest BCUT2D eigenvalue weighted by molar-refractivity contribution is 5.91. The summed E-state index contributed by atoms with van der Waals surface area (Å²) in [5.74, 6) is -0.524. The SMILES string of the molecule is CC(=O)N(CCC(=O)Nc1ccc(C(F)(F)F)cc1)Cc1cccc(C)c1. The second kappa shape index (κ2) is 8.70. The van der Waals surface area contributed by atoms with Crippen LogP contribution in [0.1, 0.15) is 30.0 Å². The molecule has 0 aliphatic heterocycles. The first kappa shape index (κ1) is 20.5. The van der Waals surface area contributed by atoms with Crippen molar-refractivity contribution in [2.24, 2.45) is 0 Å². The van der Waals surface area contributed by atoms with Gasteiger partial charge in [0.1, 0.15) is 0 Å². The molecule has 0 heterocycles. The van der Waals surface area contributed by atoms with Gasteiger partial charge in [0.15, 0.2) is 0 Å². The minimum atomic E-state index is -4.42. The van der Waals surface area contributed by atoms with Crippen molar-refractivity contribution in [3.05, 3.63) is 65.2 Å². The molecule has 0 aromatic heterocycles. The van der Waals surface area contributed by atoms with E-state index in [1.165, 1.54) is 19.1 Å². The number of hydrogen-bond donors (Lipinski definition) is 1. The second-order valence-corrected chi connectivity index (χ2v) is 6.30. The maximum Gasteiger partial charge on any atom is 0.416 e. The Morgan fingerprint density at radius 2 is 1.74 bits per heavy atom. The molecule has 0 unspecified atom stereocenters. The Morgan fingerprint density at radius 3 is 2.30 bits per heavy atom. The number of alkyl halides is 3. The first-order chi connectivity index (χ1) is 12.6. The van der Waals surface area contributed by atoms with E-state index in [1.807, 2.05) is 31.2 Å². The Bertz CT molecular complexity index is 802. The Morgan fingerprint density at radius 1 is 1.07 bits per heavy atom. The normalized spacial score (nSPS) is 11.1. The Hall–Kier alpha value is -2.83. The van der Waals surface area contributed by atoms with Crippen molar-refractivity contribution in [1.82, 2.24) is 4.90 Å². The van der Waals surface area contributed by atoms with Gasteiger partial charge in [-0.1, -0.05) is 29.8 Å². The van der Waals surface area contributed by atoms with Crippen LogP contribution in [-0.4, -0.2) is 23.3 Å². The molecule has 2 amide bonds. The summed E-state index contributed by atoms with van der Waals surface area (Å²) in [6.07, 6.45) is -4.37. The number of aryl methyl sites for hydroxylation is 1. The summed E-state index contributed by atoms with van der Waals surface area (Å²) in [4.78, 5) is 25.4. The van der Waals surface area contributed by atoms with E-state index >= 15 is 0 Å². The van der Waals surface area contributed by atoms with E-state index in [-0.39, 0.29) is 30.5 Å². The number of carbonyl (C=O) groups is 2. The maximum atomic E-state index is 12.5. The summed E-state index contributed by atoms with van der Waals surface area (Å²) >= 11 is 0. The van der Waals surface area contributed by atoms with Gasteiger partial charge in [-0.05, 0) is 36.8 Å². The second-order valence-electron chi connectivity index (χ2n) is 6.30. The molecule has 0 fully saturated rings. The van der Waals surface area contributed by atoms with Gasteiger partial charge >= 0.3 is 6.18 Å². The van der Waals surface area contributed by atoms with Crippen LogP contribution in [0, 0.1) is 6.92 Å². The maximum absolute atomic E-state index is 12.5. The summed E-state index contributed by atoms with van der Waals surface area (Å²) < 4.78 is 37.6. The van der Waals surface area contributed by atoms with Crippen LogP contribution in [0.25, 0.3) is 0 Å². The van der Waals surface area contributed by atoms with Gasteiger partial charge in [0, 0.05) is 32.1 Å². The molecular weight excluding hydrogens is 357 g/mol. The number of nitrogens with one attached hydrogen (secondary N) is 1. The van der Waals surface area contributed by atoms with Crippen LogP contribution in [0.4, 0.5) is 18.9 Å². The van der Waals surface area contributed by atoms with Crippen LogP contribution < -0.4 is 5.32 Å². The fraction of sp³-hybridized carbons (Fsp3) is 0.300. The van der Waals surface area contributed by atoms with Crippen molar-refractivity contribution in [3.63, 3.8) is 0 Å². The van der Waals surface area contributed by atoms with Crippen molar-refractivity contribution in [2.45, 2.75) is 33.0 Å². The van der Waals surface area contributed by atoms with E-state index in [4.69, 9.17) is 0 Å². The first-order valence-corrected chi connectivity index (χ1v) is 8.43. The molecule has 7 heteroatoms. The van der Waals surface area contributed by atoms with Crippen molar-refractivity contribution in [1.29, 1.82) is 0 Å². The Balaban J connectivity index is 1.91. The van der Waals surface area contributed by atoms with Gasteiger partial charge in [-0.25, -0.2) is 0 Å². The van der Waals surface area contributed by atoms with Crippen LogP contribution >= 0.6 is 0 Å². The molecule has 2 rings (SSSR count). The molecule has 1 N–H and O–H groups in total. The molecule has 2 aromatic carbocycles.